The van der Waals surface area contributed by atoms with Crippen LogP contribution in [0.25, 0.3) is 10.9 Å². The lowest BCUT2D eigenvalue weighted by molar-refractivity contribution is 0.0528. The number of nitrogens with one attached hydrogen (secondary N) is 2. The number of benzene rings is 1. The maximum Gasteiger partial charge on any atom is 0.407 e. The predicted octanol–water partition coefficient (Wildman–Crippen LogP) is 2.79. The van der Waals surface area contributed by atoms with E-state index in [-0.39, 0.29) is 6.09 Å². The summed E-state index contributed by atoms with van der Waals surface area (Å²) < 4.78 is 7.31. The van der Waals surface area contributed by atoms with Crippen LogP contribution in [-0.4, -0.2) is 29.4 Å². The molecule has 2 N–H and O–H groups in total. The minimum absolute atomic E-state index is 0.375. The molecule has 0 atom stereocenters. The van der Waals surface area contributed by atoms with Crippen LogP contribution in [0.2, 0.25) is 0 Å². The summed E-state index contributed by atoms with van der Waals surface area (Å²) in [7, 11) is 2.05. The predicted molar refractivity (Wildman–Crippen MR) is 88.9 cm³/mol. The van der Waals surface area contributed by atoms with E-state index in [2.05, 4.69) is 46.6 Å². The molecular weight excluding hydrogens is 278 g/mol. The smallest absolute Gasteiger partial charge is 0.407 e. The van der Waals surface area contributed by atoms with Crippen LogP contribution < -0.4 is 10.6 Å². The zero-order chi connectivity index (χ0) is 16.2. The zero-order valence-electron chi connectivity index (χ0n) is 13.8. The lowest BCUT2D eigenvalue weighted by Gasteiger charge is -2.19. The van der Waals surface area contributed by atoms with E-state index in [1.54, 1.807) is 0 Å². The monoisotopic (exact) mass is 303 g/mol. The first-order valence-corrected chi connectivity index (χ1v) is 7.57. The van der Waals surface area contributed by atoms with E-state index in [0.717, 1.165) is 6.54 Å². The van der Waals surface area contributed by atoms with Crippen LogP contribution >= 0.6 is 0 Å². The Morgan fingerprint density at radius 3 is 2.68 bits per heavy atom. The highest BCUT2D eigenvalue weighted by Crippen LogP contribution is 2.19. The number of ether oxygens (including phenoxy) is 1. The maximum atomic E-state index is 11.5. The van der Waals surface area contributed by atoms with Gasteiger partial charge in [-0.1, -0.05) is 18.2 Å². The lowest BCUT2D eigenvalue weighted by atomic mass is 10.2. The first-order valence-electron chi connectivity index (χ1n) is 7.57. The lowest BCUT2D eigenvalue weighted by Crippen LogP contribution is -2.36. The number of aryl methyl sites for hydroxylation is 1. The van der Waals surface area contributed by atoms with Crippen molar-refractivity contribution in [2.24, 2.45) is 7.05 Å². The van der Waals surface area contributed by atoms with Crippen molar-refractivity contribution in [3.8, 4) is 0 Å². The van der Waals surface area contributed by atoms with Gasteiger partial charge >= 0.3 is 6.09 Å². The summed E-state index contributed by atoms with van der Waals surface area (Å²) in [4.78, 5) is 11.5. The van der Waals surface area contributed by atoms with Crippen LogP contribution in [0.3, 0.4) is 0 Å². The summed E-state index contributed by atoms with van der Waals surface area (Å²) >= 11 is 0. The minimum Gasteiger partial charge on any atom is -0.444 e. The van der Waals surface area contributed by atoms with Gasteiger partial charge in [-0.3, -0.25) is 0 Å². The van der Waals surface area contributed by atoms with Crippen molar-refractivity contribution >= 4 is 17.0 Å². The fourth-order valence-electron chi connectivity index (χ4n) is 2.36. The molecule has 1 aromatic heterocycles. The van der Waals surface area contributed by atoms with Crippen molar-refractivity contribution in [1.82, 2.24) is 15.2 Å². The summed E-state index contributed by atoms with van der Waals surface area (Å²) in [5.41, 5.74) is 2.03. The number of carbonyl (C=O) groups is 1. The topological polar surface area (TPSA) is 55.3 Å². The quantitative estimate of drug-likeness (QED) is 0.835. The highest BCUT2D eigenvalue weighted by molar-refractivity contribution is 5.83. The number of hydrogen-bond acceptors (Lipinski definition) is 3. The number of amides is 1. The van der Waals surface area contributed by atoms with Crippen LogP contribution in [-0.2, 0) is 18.3 Å². The summed E-state index contributed by atoms with van der Waals surface area (Å²) in [5.74, 6) is 0. The molecule has 0 unspecified atom stereocenters. The summed E-state index contributed by atoms with van der Waals surface area (Å²) in [6.07, 6.45) is 1.76. The van der Waals surface area contributed by atoms with Crippen LogP contribution in [0, 0.1) is 0 Å². The van der Waals surface area contributed by atoms with Crippen LogP contribution in [0.15, 0.2) is 30.5 Å². The molecule has 5 nitrogen and oxygen atoms in total. The molecule has 0 radical (unpaired) electrons. The number of carbonyl (C=O) groups excluding carboxylic acids is 1. The first kappa shape index (κ1) is 16.4. The molecule has 0 saturated heterocycles. The molecule has 0 aliphatic rings. The van der Waals surface area contributed by atoms with Gasteiger partial charge in [0.1, 0.15) is 5.60 Å². The molecule has 0 aliphatic carbocycles. The largest absolute Gasteiger partial charge is 0.444 e. The van der Waals surface area contributed by atoms with E-state index < -0.39 is 5.60 Å². The molecule has 1 amide bonds. The number of para-hydroxylation sites is 1. The van der Waals surface area contributed by atoms with E-state index in [9.17, 15) is 4.79 Å². The Kier molecular flexibility index (Phi) is 5.08. The van der Waals surface area contributed by atoms with Gasteiger partial charge in [0.2, 0.25) is 0 Å². The van der Waals surface area contributed by atoms with Crippen molar-refractivity contribution < 1.29 is 9.53 Å². The van der Waals surface area contributed by atoms with E-state index in [1.165, 1.54) is 16.5 Å². The summed E-state index contributed by atoms with van der Waals surface area (Å²) in [6, 6.07) is 8.34. The van der Waals surface area contributed by atoms with E-state index in [1.807, 2.05) is 26.8 Å². The molecule has 2 rings (SSSR count). The van der Waals surface area contributed by atoms with Crippen molar-refractivity contribution in [2.45, 2.75) is 32.9 Å². The Bertz CT molecular complexity index is 641. The number of fused-ring (bicyclic) bond motifs is 1. The molecule has 0 spiro atoms. The Morgan fingerprint density at radius 2 is 1.95 bits per heavy atom. The standard InChI is InChI=1S/C17H25N3O2/c1-17(2,3)22-16(21)19-10-9-18-11-13-12-20(4)15-8-6-5-7-14(13)15/h5-8,12,18H,9-11H2,1-4H3,(H,19,21). The average molecular weight is 303 g/mol. The van der Waals surface area contributed by atoms with Crippen LogP contribution in [0.1, 0.15) is 26.3 Å². The molecule has 0 bridgehead atoms. The Balaban J connectivity index is 1.76. The number of nitrogens with zero attached hydrogens (tertiary/aromatic N) is 1. The molecule has 1 aromatic carbocycles. The van der Waals surface area contributed by atoms with Gasteiger partial charge in [0, 0.05) is 43.8 Å². The molecule has 5 heteroatoms. The Morgan fingerprint density at radius 1 is 1.23 bits per heavy atom. The second-order valence-electron chi connectivity index (χ2n) is 6.39. The van der Waals surface area contributed by atoms with Gasteiger partial charge in [0.05, 0.1) is 0 Å². The molecule has 22 heavy (non-hydrogen) atoms. The van der Waals surface area contributed by atoms with E-state index in [0.29, 0.717) is 13.1 Å². The first-order chi connectivity index (χ1) is 10.4. The molecule has 1 heterocycles. The second kappa shape index (κ2) is 6.83. The van der Waals surface area contributed by atoms with Crippen molar-refractivity contribution in [1.29, 1.82) is 0 Å². The van der Waals surface area contributed by atoms with E-state index >= 15 is 0 Å². The van der Waals surface area contributed by atoms with Crippen LogP contribution in [0.4, 0.5) is 4.79 Å². The van der Waals surface area contributed by atoms with Crippen molar-refractivity contribution in [3.63, 3.8) is 0 Å². The molecule has 120 valence electrons. The van der Waals surface area contributed by atoms with Gasteiger partial charge in [-0.25, -0.2) is 4.79 Å². The number of rotatable bonds is 5. The van der Waals surface area contributed by atoms with Crippen molar-refractivity contribution in [3.05, 3.63) is 36.0 Å². The average Bonchev–Trinajstić information content (AvgIpc) is 2.74. The summed E-state index contributed by atoms with van der Waals surface area (Å²) in [6.45, 7) is 7.57. The fraction of sp³-hybridized carbons (Fsp3) is 0.471. The zero-order valence-corrected chi connectivity index (χ0v) is 13.8. The Labute approximate surface area is 131 Å². The number of hydrogen-bond donors (Lipinski definition) is 2. The molecule has 0 saturated carbocycles. The normalized spacial score (nSPS) is 11.6. The van der Waals surface area contributed by atoms with Gasteiger partial charge in [-0.15, -0.1) is 0 Å². The SMILES string of the molecule is Cn1cc(CNCCNC(=O)OC(C)(C)C)c2ccccc21. The highest BCUT2D eigenvalue weighted by atomic mass is 16.6. The summed E-state index contributed by atoms with van der Waals surface area (Å²) in [5, 5.41) is 7.34. The highest BCUT2D eigenvalue weighted by Gasteiger charge is 2.15. The van der Waals surface area contributed by atoms with Gasteiger partial charge in [0.15, 0.2) is 0 Å². The van der Waals surface area contributed by atoms with Gasteiger partial charge < -0.3 is 19.9 Å². The molecular formula is C17H25N3O2. The maximum absolute atomic E-state index is 11.5. The minimum atomic E-state index is -0.458. The number of aromatic nitrogens is 1. The fourth-order valence-corrected chi connectivity index (χ4v) is 2.36. The second-order valence-corrected chi connectivity index (χ2v) is 6.39. The van der Waals surface area contributed by atoms with Crippen molar-refractivity contribution in [2.75, 3.05) is 13.1 Å². The number of alkyl carbamates (subject to hydrolysis) is 1. The third kappa shape index (κ3) is 4.49. The van der Waals surface area contributed by atoms with Gasteiger partial charge in [0.25, 0.3) is 0 Å². The molecule has 0 aliphatic heterocycles. The van der Waals surface area contributed by atoms with Gasteiger partial charge in [-0.05, 0) is 32.4 Å². The molecule has 0 fully saturated rings. The third-order valence-corrected chi connectivity index (χ3v) is 3.26. The Hall–Kier alpha value is -2.01. The molecule has 2 aromatic rings. The van der Waals surface area contributed by atoms with Crippen LogP contribution in [0.5, 0.6) is 0 Å². The van der Waals surface area contributed by atoms with E-state index in [4.69, 9.17) is 4.74 Å². The van der Waals surface area contributed by atoms with Gasteiger partial charge in [-0.2, -0.15) is 0 Å². The third-order valence-electron chi connectivity index (χ3n) is 3.26.